The molecule has 2 aliphatic rings. The van der Waals surface area contributed by atoms with E-state index in [1.54, 1.807) is 19.1 Å². The molecule has 6 aromatic rings. The first-order chi connectivity index (χ1) is 26.0. The number of ether oxygens (including phenoxy) is 2. The lowest BCUT2D eigenvalue weighted by molar-refractivity contribution is -0.132. The molecule has 1 N–H and O–H groups in total. The molecule has 2 aromatic carbocycles. The Labute approximate surface area is 307 Å². The molecule has 8 rings (SSSR count). The van der Waals surface area contributed by atoms with Gasteiger partial charge < -0.3 is 29.2 Å². The van der Waals surface area contributed by atoms with Crippen molar-refractivity contribution in [1.82, 2.24) is 33.8 Å². The van der Waals surface area contributed by atoms with E-state index in [-0.39, 0.29) is 49.5 Å². The first kappa shape index (κ1) is 35.3. The van der Waals surface area contributed by atoms with Gasteiger partial charge in [-0.05, 0) is 43.7 Å². The number of imidazole rings is 1. The number of aryl methyl sites for hydroxylation is 1. The van der Waals surface area contributed by atoms with Crippen molar-refractivity contribution in [3.63, 3.8) is 0 Å². The van der Waals surface area contributed by atoms with E-state index in [2.05, 4.69) is 15.4 Å². The summed E-state index contributed by atoms with van der Waals surface area (Å²) in [5.41, 5.74) is 2.53. The van der Waals surface area contributed by atoms with Gasteiger partial charge in [-0.1, -0.05) is 6.07 Å². The van der Waals surface area contributed by atoms with E-state index < -0.39 is 35.2 Å². The highest BCUT2D eigenvalue weighted by Gasteiger charge is 2.40. The summed E-state index contributed by atoms with van der Waals surface area (Å²) in [7, 11) is 4.80. The topological polar surface area (TPSA) is 125 Å². The summed E-state index contributed by atoms with van der Waals surface area (Å²) in [5.74, 6) is -1.09. The predicted molar refractivity (Wildman–Crippen MR) is 196 cm³/mol. The van der Waals surface area contributed by atoms with Crippen LogP contribution in [0.15, 0.2) is 65.6 Å². The number of hydrogen-bond donors (Lipinski definition) is 1. The molecule has 4 bridgehead atoms. The molecule has 0 radical (unpaired) electrons. The number of amides is 1. The molecule has 54 heavy (non-hydrogen) atoms. The summed E-state index contributed by atoms with van der Waals surface area (Å²) >= 11 is 0. The fourth-order valence-corrected chi connectivity index (χ4v) is 7.77. The second-order valence-corrected chi connectivity index (χ2v) is 13.7. The lowest BCUT2D eigenvalue weighted by atomic mass is 10.1. The van der Waals surface area contributed by atoms with Crippen molar-refractivity contribution in [1.29, 1.82) is 0 Å². The van der Waals surface area contributed by atoms with E-state index in [1.807, 2.05) is 34.6 Å². The summed E-state index contributed by atoms with van der Waals surface area (Å²) < 4.78 is 60.1. The van der Waals surface area contributed by atoms with Crippen LogP contribution in [0.2, 0.25) is 0 Å². The number of pyridine rings is 2. The van der Waals surface area contributed by atoms with Crippen molar-refractivity contribution in [3.05, 3.63) is 94.4 Å². The highest BCUT2D eigenvalue weighted by atomic mass is 19.1. The van der Waals surface area contributed by atoms with Gasteiger partial charge in [0.25, 0.3) is 5.56 Å². The molecule has 0 saturated carbocycles. The fraction of sp³-hybridized carbons (Fsp3) is 0.342. The Morgan fingerprint density at radius 3 is 2.56 bits per heavy atom. The third-order valence-electron chi connectivity index (χ3n) is 10.3. The predicted octanol–water partition coefficient (Wildman–Crippen LogP) is 4.52. The van der Waals surface area contributed by atoms with E-state index in [4.69, 9.17) is 14.5 Å². The smallest absolute Gasteiger partial charge is 0.254 e. The highest BCUT2D eigenvalue weighted by Crippen LogP contribution is 2.36. The number of nitrogens with one attached hydrogen (secondary N) is 1. The Kier molecular flexibility index (Phi) is 9.09. The Hall–Kier alpha value is -5.74. The van der Waals surface area contributed by atoms with E-state index in [0.29, 0.717) is 58.0 Å². The maximum atomic E-state index is 15.2. The zero-order chi connectivity index (χ0) is 37.8. The number of anilines is 2. The Bertz CT molecular complexity index is 2480. The summed E-state index contributed by atoms with van der Waals surface area (Å²) in [5, 5.41) is 8.45. The van der Waals surface area contributed by atoms with Gasteiger partial charge in [0, 0.05) is 64.2 Å². The molecule has 16 heteroatoms. The van der Waals surface area contributed by atoms with Crippen molar-refractivity contribution < 1.29 is 27.4 Å². The number of fused-ring (bicyclic) bond motifs is 6. The van der Waals surface area contributed by atoms with E-state index in [0.717, 1.165) is 12.1 Å². The number of benzene rings is 2. The zero-order valence-corrected chi connectivity index (χ0v) is 30.1. The highest BCUT2D eigenvalue weighted by molar-refractivity contribution is 5.95. The molecule has 4 aromatic heterocycles. The molecule has 0 aliphatic carbocycles. The average Bonchev–Trinajstić information content (AvgIpc) is 3.85. The summed E-state index contributed by atoms with van der Waals surface area (Å²) in [4.78, 5) is 41.5. The molecule has 2 aliphatic heterocycles. The molecule has 13 nitrogen and oxygen atoms in total. The van der Waals surface area contributed by atoms with E-state index in [9.17, 15) is 14.0 Å². The monoisotopic (exact) mass is 741 g/mol. The molecule has 1 fully saturated rings. The molecule has 6 heterocycles. The van der Waals surface area contributed by atoms with E-state index in [1.165, 1.54) is 46.8 Å². The number of hydrogen-bond acceptors (Lipinski definition) is 9. The van der Waals surface area contributed by atoms with Gasteiger partial charge in [0.2, 0.25) is 5.91 Å². The Morgan fingerprint density at radius 2 is 1.78 bits per heavy atom. The number of methoxy groups -OCH3 is 2. The van der Waals surface area contributed by atoms with Gasteiger partial charge in [0.05, 0.1) is 59.8 Å². The van der Waals surface area contributed by atoms with Gasteiger partial charge in [-0.3, -0.25) is 14.2 Å². The van der Waals surface area contributed by atoms with Gasteiger partial charge in [0.1, 0.15) is 40.7 Å². The number of halogens is 3. The van der Waals surface area contributed by atoms with Crippen LogP contribution in [0.1, 0.15) is 12.2 Å². The molecular weight excluding hydrogens is 703 g/mol. The molecular formula is C38H38F3N9O4. The minimum atomic E-state index is -0.858. The standard InChI is InChI=1S/C38H38F3N9O4/c1-21-43-30-14-23(40)12-26-29-6-5-7-34(45-29)44-24-15-33(38(52)46(2)19-25(54-4)20-48(21)36(26)30)49(18-24)32-16-35(51)47(10-11-53-3)37-27(32)17-42-50(37)31-9-8-22(39)13-28(31)41/h5-9,12-14,16-17,24-25,33H,10-11,15,18-20H2,1-4H3,(H,44,45)/t24-,25-,33-/m0/s1. The zero-order valence-electron chi connectivity index (χ0n) is 30.1. The largest absolute Gasteiger partial charge is 0.383 e. The second kappa shape index (κ2) is 13.9. The summed E-state index contributed by atoms with van der Waals surface area (Å²) in [6, 6.07) is 11.8. The van der Waals surface area contributed by atoms with Crippen LogP contribution in [0.25, 0.3) is 39.0 Å². The fourth-order valence-electron chi connectivity index (χ4n) is 7.77. The maximum Gasteiger partial charge on any atom is 0.254 e. The molecule has 3 atom stereocenters. The van der Waals surface area contributed by atoms with Crippen molar-refractivity contribution in [3.8, 4) is 16.9 Å². The minimum Gasteiger partial charge on any atom is -0.383 e. The normalized spacial score (nSPS) is 19.0. The molecule has 1 saturated heterocycles. The SMILES string of the molecule is COCCn1c(=O)cc(N2C[C@@H]3C[C@H]2C(=O)N(C)C[C@H](OC)Cn2c(C)nc4cc(F)cc(c42)-c2cccc(n2)N3)c2cnn(-c3ccc(F)cc3F)c21. The molecule has 280 valence electrons. The first-order valence-corrected chi connectivity index (χ1v) is 17.5. The lowest BCUT2D eigenvalue weighted by Crippen LogP contribution is -2.47. The molecule has 0 spiro atoms. The van der Waals surface area contributed by atoms with Crippen LogP contribution < -0.4 is 15.8 Å². The number of nitrogens with zero attached hydrogens (tertiary/aromatic N) is 8. The third-order valence-corrected chi connectivity index (χ3v) is 10.3. The third kappa shape index (κ3) is 6.14. The van der Waals surface area contributed by atoms with Crippen LogP contribution in [-0.4, -0.2) is 98.8 Å². The maximum absolute atomic E-state index is 15.2. The van der Waals surface area contributed by atoms with Crippen LogP contribution >= 0.6 is 0 Å². The number of carbonyl (C=O) groups is 1. The van der Waals surface area contributed by atoms with Crippen molar-refractivity contribution in [2.75, 3.05) is 51.2 Å². The van der Waals surface area contributed by atoms with Crippen molar-refractivity contribution >= 4 is 39.5 Å². The van der Waals surface area contributed by atoms with Gasteiger partial charge in [0.15, 0.2) is 5.82 Å². The Balaban J connectivity index is 1.26. The number of aromatic nitrogens is 6. The minimum absolute atomic E-state index is 0.0488. The van der Waals surface area contributed by atoms with E-state index >= 15 is 8.78 Å². The van der Waals surface area contributed by atoms with Crippen LogP contribution in [0.3, 0.4) is 0 Å². The van der Waals surface area contributed by atoms with Crippen LogP contribution in [0, 0.1) is 24.4 Å². The second-order valence-electron chi connectivity index (χ2n) is 13.7. The Morgan fingerprint density at radius 1 is 0.944 bits per heavy atom. The van der Waals surface area contributed by atoms with Crippen molar-refractivity contribution in [2.45, 2.75) is 44.6 Å². The van der Waals surface area contributed by atoms with Gasteiger partial charge in [-0.2, -0.15) is 5.10 Å². The van der Waals surface area contributed by atoms with Gasteiger partial charge >= 0.3 is 0 Å². The number of carbonyl (C=O) groups excluding carboxylic acids is 1. The molecule has 0 unspecified atom stereocenters. The van der Waals surface area contributed by atoms with Crippen LogP contribution in [0.4, 0.5) is 24.7 Å². The average molecular weight is 742 g/mol. The molecule has 1 amide bonds. The van der Waals surface area contributed by atoms with Gasteiger partial charge in [-0.25, -0.2) is 27.8 Å². The van der Waals surface area contributed by atoms with Crippen LogP contribution in [0.5, 0.6) is 0 Å². The number of likely N-dealkylation sites (N-methyl/N-ethyl adjacent to an activating group) is 1. The summed E-state index contributed by atoms with van der Waals surface area (Å²) in [6.07, 6.45) is 1.39. The first-order valence-electron chi connectivity index (χ1n) is 17.5. The van der Waals surface area contributed by atoms with Crippen LogP contribution in [-0.2, 0) is 27.4 Å². The quantitative estimate of drug-likeness (QED) is 0.263. The lowest BCUT2D eigenvalue weighted by Gasteiger charge is -2.31. The van der Waals surface area contributed by atoms with Gasteiger partial charge in [-0.15, -0.1) is 0 Å². The number of rotatable bonds is 6. The van der Waals surface area contributed by atoms with Crippen molar-refractivity contribution in [2.24, 2.45) is 0 Å². The summed E-state index contributed by atoms with van der Waals surface area (Å²) in [6.45, 7) is 2.98.